The molecule has 0 aliphatic rings. The Labute approximate surface area is 135 Å². The van der Waals surface area contributed by atoms with E-state index in [4.69, 9.17) is 4.74 Å². The van der Waals surface area contributed by atoms with Gasteiger partial charge in [-0.1, -0.05) is 22.0 Å². The zero-order chi connectivity index (χ0) is 16.1. The van der Waals surface area contributed by atoms with E-state index in [-0.39, 0.29) is 5.56 Å². The summed E-state index contributed by atoms with van der Waals surface area (Å²) in [5, 5.41) is 2.64. The molecule has 2 rings (SSSR count). The van der Waals surface area contributed by atoms with Crippen LogP contribution in [0.25, 0.3) is 0 Å². The summed E-state index contributed by atoms with van der Waals surface area (Å²) in [5.74, 6) is -1.75. The van der Waals surface area contributed by atoms with E-state index in [0.717, 1.165) is 16.1 Å². The number of benzene rings is 2. The molecule has 0 saturated carbocycles. The number of rotatable bonds is 4. The van der Waals surface area contributed by atoms with Crippen molar-refractivity contribution < 1.29 is 18.7 Å². The van der Waals surface area contributed by atoms with Crippen LogP contribution in [0.5, 0.6) is 0 Å². The molecule has 2 aromatic rings. The molecule has 0 unspecified atom stereocenters. The lowest BCUT2D eigenvalue weighted by atomic mass is 10.2. The average Bonchev–Trinajstić information content (AvgIpc) is 2.47. The number of esters is 1. The van der Waals surface area contributed by atoms with Crippen molar-refractivity contribution in [3.05, 3.63) is 63.9 Å². The Kier molecular flexibility index (Phi) is 5.27. The van der Waals surface area contributed by atoms with E-state index in [0.29, 0.717) is 5.69 Å². The summed E-state index contributed by atoms with van der Waals surface area (Å²) in [5.41, 5.74) is 1.57. The molecule has 114 valence electrons. The predicted molar refractivity (Wildman–Crippen MR) is 84.2 cm³/mol. The molecule has 0 heterocycles. The molecule has 4 nitrogen and oxygen atoms in total. The smallest absolute Gasteiger partial charge is 0.338 e. The molecule has 1 N–H and O–H groups in total. The highest BCUT2D eigenvalue weighted by Crippen LogP contribution is 2.19. The number of carbonyl (C=O) groups excluding carboxylic acids is 2. The van der Waals surface area contributed by atoms with E-state index in [1.807, 2.05) is 13.0 Å². The second-order valence-corrected chi connectivity index (χ2v) is 5.51. The maximum Gasteiger partial charge on any atom is 0.338 e. The fraction of sp³-hybridized carbons (Fsp3) is 0.125. The summed E-state index contributed by atoms with van der Waals surface area (Å²) in [6, 6.07) is 10.5. The van der Waals surface area contributed by atoms with Crippen LogP contribution in [0, 0.1) is 12.7 Å². The highest BCUT2D eigenvalue weighted by Gasteiger charge is 2.11. The van der Waals surface area contributed by atoms with Crippen LogP contribution in [0.2, 0.25) is 0 Å². The summed E-state index contributed by atoms with van der Waals surface area (Å²) in [7, 11) is 0. The van der Waals surface area contributed by atoms with Crippen molar-refractivity contribution in [3.8, 4) is 0 Å². The molecular formula is C16H13BrFNO3. The molecule has 1 amide bonds. The number of hydrogen-bond acceptors (Lipinski definition) is 3. The fourth-order valence-electron chi connectivity index (χ4n) is 1.78. The standard InChI is InChI=1S/C16H13BrFNO3/c1-10-7-12(17)5-6-14(10)19-15(20)9-22-16(21)11-3-2-4-13(18)8-11/h2-8H,9H2,1H3,(H,19,20). The number of nitrogens with one attached hydrogen (secondary N) is 1. The molecule has 0 atom stereocenters. The number of hydrogen-bond donors (Lipinski definition) is 1. The summed E-state index contributed by atoms with van der Waals surface area (Å²) in [6.07, 6.45) is 0. The van der Waals surface area contributed by atoms with Gasteiger partial charge in [-0.05, 0) is 48.9 Å². The minimum absolute atomic E-state index is 0.0626. The molecule has 0 fully saturated rings. The number of amides is 1. The number of ether oxygens (including phenoxy) is 1. The molecule has 0 aromatic heterocycles. The minimum Gasteiger partial charge on any atom is -0.452 e. The molecule has 2 aromatic carbocycles. The van der Waals surface area contributed by atoms with Gasteiger partial charge in [0.15, 0.2) is 6.61 Å². The van der Waals surface area contributed by atoms with Gasteiger partial charge in [-0.2, -0.15) is 0 Å². The Morgan fingerprint density at radius 1 is 1.23 bits per heavy atom. The second kappa shape index (κ2) is 7.17. The van der Waals surface area contributed by atoms with Crippen molar-refractivity contribution in [1.29, 1.82) is 0 Å². The van der Waals surface area contributed by atoms with E-state index >= 15 is 0 Å². The van der Waals surface area contributed by atoms with Crippen molar-refractivity contribution in [1.82, 2.24) is 0 Å². The Morgan fingerprint density at radius 3 is 2.68 bits per heavy atom. The maximum absolute atomic E-state index is 13.0. The van der Waals surface area contributed by atoms with Crippen LogP contribution in [0.3, 0.4) is 0 Å². The second-order valence-electron chi connectivity index (χ2n) is 4.59. The number of aryl methyl sites for hydroxylation is 1. The van der Waals surface area contributed by atoms with Crippen LogP contribution in [-0.4, -0.2) is 18.5 Å². The number of halogens is 2. The SMILES string of the molecule is Cc1cc(Br)ccc1NC(=O)COC(=O)c1cccc(F)c1. The lowest BCUT2D eigenvalue weighted by Gasteiger charge is -2.09. The number of anilines is 1. The summed E-state index contributed by atoms with van der Waals surface area (Å²) in [4.78, 5) is 23.5. The summed E-state index contributed by atoms with van der Waals surface area (Å²) >= 11 is 3.33. The van der Waals surface area contributed by atoms with Gasteiger partial charge in [-0.15, -0.1) is 0 Å². The molecule has 22 heavy (non-hydrogen) atoms. The van der Waals surface area contributed by atoms with Gasteiger partial charge in [0.1, 0.15) is 5.82 Å². The van der Waals surface area contributed by atoms with Gasteiger partial charge < -0.3 is 10.1 Å². The summed E-state index contributed by atoms with van der Waals surface area (Å²) < 4.78 is 18.8. The van der Waals surface area contributed by atoms with E-state index in [9.17, 15) is 14.0 Å². The molecule has 0 bridgehead atoms. The van der Waals surface area contributed by atoms with Crippen molar-refractivity contribution in [2.45, 2.75) is 6.92 Å². The normalized spacial score (nSPS) is 10.1. The Hall–Kier alpha value is -2.21. The fourth-order valence-corrected chi connectivity index (χ4v) is 2.26. The minimum atomic E-state index is -0.748. The van der Waals surface area contributed by atoms with Crippen molar-refractivity contribution in [3.63, 3.8) is 0 Å². The third kappa shape index (κ3) is 4.39. The third-order valence-corrected chi connectivity index (χ3v) is 3.35. The maximum atomic E-state index is 13.0. The van der Waals surface area contributed by atoms with Crippen molar-refractivity contribution in [2.24, 2.45) is 0 Å². The highest BCUT2D eigenvalue weighted by atomic mass is 79.9. The van der Waals surface area contributed by atoms with E-state index < -0.39 is 24.3 Å². The monoisotopic (exact) mass is 365 g/mol. The molecule has 0 spiro atoms. The largest absolute Gasteiger partial charge is 0.452 e. The molecule has 6 heteroatoms. The van der Waals surface area contributed by atoms with Crippen molar-refractivity contribution in [2.75, 3.05) is 11.9 Å². The zero-order valence-corrected chi connectivity index (χ0v) is 13.3. The van der Waals surface area contributed by atoms with Gasteiger partial charge in [-0.3, -0.25) is 4.79 Å². The lowest BCUT2D eigenvalue weighted by Crippen LogP contribution is -2.21. The van der Waals surface area contributed by atoms with Crippen LogP contribution in [-0.2, 0) is 9.53 Å². The Morgan fingerprint density at radius 2 is 2.00 bits per heavy atom. The van der Waals surface area contributed by atoms with Crippen LogP contribution < -0.4 is 5.32 Å². The van der Waals surface area contributed by atoms with Crippen LogP contribution >= 0.6 is 15.9 Å². The topological polar surface area (TPSA) is 55.4 Å². The van der Waals surface area contributed by atoms with Crippen LogP contribution in [0.15, 0.2) is 46.9 Å². The lowest BCUT2D eigenvalue weighted by molar-refractivity contribution is -0.119. The van der Waals surface area contributed by atoms with Gasteiger partial charge in [0, 0.05) is 10.2 Å². The third-order valence-electron chi connectivity index (χ3n) is 2.86. The molecule has 0 aliphatic heterocycles. The zero-order valence-electron chi connectivity index (χ0n) is 11.7. The highest BCUT2D eigenvalue weighted by molar-refractivity contribution is 9.10. The molecule has 0 radical (unpaired) electrons. The first kappa shape index (κ1) is 16.2. The first-order valence-corrected chi connectivity index (χ1v) is 7.23. The molecule has 0 saturated heterocycles. The van der Waals surface area contributed by atoms with Gasteiger partial charge in [0.2, 0.25) is 0 Å². The summed E-state index contributed by atoms with van der Waals surface area (Å²) in [6.45, 7) is 1.41. The molecular weight excluding hydrogens is 353 g/mol. The van der Waals surface area contributed by atoms with E-state index in [1.165, 1.54) is 18.2 Å². The predicted octanol–water partition coefficient (Wildman–Crippen LogP) is 3.69. The first-order chi connectivity index (χ1) is 10.5. The van der Waals surface area contributed by atoms with Crippen LogP contribution in [0.1, 0.15) is 15.9 Å². The van der Waals surface area contributed by atoms with Crippen molar-refractivity contribution >= 4 is 33.5 Å². The van der Waals surface area contributed by atoms with Gasteiger partial charge in [0.25, 0.3) is 5.91 Å². The van der Waals surface area contributed by atoms with Gasteiger partial charge in [0.05, 0.1) is 5.56 Å². The Bertz CT molecular complexity index is 718. The molecule has 0 aliphatic carbocycles. The van der Waals surface area contributed by atoms with E-state index in [1.54, 1.807) is 12.1 Å². The van der Waals surface area contributed by atoms with Gasteiger partial charge >= 0.3 is 5.97 Å². The quantitative estimate of drug-likeness (QED) is 0.840. The Balaban J connectivity index is 1.91. The van der Waals surface area contributed by atoms with Gasteiger partial charge in [-0.25, -0.2) is 9.18 Å². The first-order valence-electron chi connectivity index (χ1n) is 6.44. The number of carbonyl (C=O) groups is 2. The van der Waals surface area contributed by atoms with Crippen LogP contribution in [0.4, 0.5) is 10.1 Å². The van der Waals surface area contributed by atoms with E-state index in [2.05, 4.69) is 21.2 Å². The average molecular weight is 366 g/mol.